The summed E-state index contributed by atoms with van der Waals surface area (Å²) in [5, 5.41) is 0. The van der Waals surface area contributed by atoms with Gasteiger partial charge in [-0.1, -0.05) is 38.3 Å². The average molecular weight is 209 g/mol. The van der Waals surface area contributed by atoms with E-state index in [0.717, 1.165) is 18.5 Å². The van der Waals surface area contributed by atoms with Gasteiger partial charge in [-0.05, 0) is 32.6 Å². The Kier molecular flexibility index (Phi) is 5.38. The Morgan fingerprint density at radius 3 is 2.47 bits per heavy atom. The Morgan fingerprint density at radius 1 is 1.40 bits per heavy atom. The van der Waals surface area contributed by atoms with Crippen LogP contribution in [0.5, 0.6) is 0 Å². The van der Waals surface area contributed by atoms with Gasteiger partial charge in [0.15, 0.2) is 0 Å². The number of rotatable bonds is 6. The number of hydrogen-bond acceptors (Lipinski definition) is 1. The van der Waals surface area contributed by atoms with E-state index in [1.807, 2.05) is 0 Å². The lowest BCUT2D eigenvalue weighted by atomic mass is 9.90. The first-order valence-corrected chi connectivity index (χ1v) is 6.51. The molecule has 0 aliphatic heterocycles. The molecule has 1 aliphatic rings. The van der Waals surface area contributed by atoms with Gasteiger partial charge in [0.25, 0.3) is 0 Å². The van der Waals surface area contributed by atoms with Gasteiger partial charge < -0.3 is 0 Å². The standard InChI is InChI=1S/C14H27N/c1-5-13(4)11-15(10-9-12(2)3)14-7-6-8-14/h9,13-14H,5-8,10-11H2,1-4H3. The minimum absolute atomic E-state index is 0.844. The lowest BCUT2D eigenvalue weighted by molar-refractivity contribution is 0.123. The topological polar surface area (TPSA) is 3.24 Å². The molecule has 0 bridgehead atoms. The maximum Gasteiger partial charge on any atom is 0.0168 e. The molecular weight excluding hydrogens is 182 g/mol. The molecule has 1 atom stereocenters. The number of allylic oxidation sites excluding steroid dienone is 1. The van der Waals surface area contributed by atoms with Crippen molar-refractivity contribution < 1.29 is 0 Å². The van der Waals surface area contributed by atoms with Crippen LogP contribution in [0, 0.1) is 5.92 Å². The molecule has 1 saturated carbocycles. The van der Waals surface area contributed by atoms with Gasteiger partial charge in [0.2, 0.25) is 0 Å². The van der Waals surface area contributed by atoms with Gasteiger partial charge in [-0.25, -0.2) is 0 Å². The normalized spacial score (nSPS) is 18.7. The first kappa shape index (κ1) is 12.8. The Morgan fingerprint density at radius 2 is 2.07 bits per heavy atom. The molecule has 1 rings (SSSR count). The molecule has 0 aromatic heterocycles. The highest BCUT2D eigenvalue weighted by Crippen LogP contribution is 2.25. The SMILES string of the molecule is CCC(C)CN(CC=C(C)C)C1CCC1. The van der Waals surface area contributed by atoms with Crippen molar-refractivity contribution in [2.24, 2.45) is 5.92 Å². The fraction of sp³-hybridized carbons (Fsp3) is 0.857. The molecular formula is C14H27N. The molecule has 0 saturated heterocycles. The summed E-state index contributed by atoms with van der Waals surface area (Å²) in [5.41, 5.74) is 1.45. The molecule has 0 aromatic carbocycles. The fourth-order valence-electron chi connectivity index (χ4n) is 1.95. The van der Waals surface area contributed by atoms with Crippen molar-refractivity contribution in [3.63, 3.8) is 0 Å². The van der Waals surface area contributed by atoms with Gasteiger partial charge in [-0.3, -0.25) is 4.90 Å². The maximum absolute atomic E-state index is 2.69. The lowest BCUT2D eigenvalue weighted by Gasteiger charge is -2.38. The Bertz CT molecular complexity index is 199. The van der Waals surface area contributed by atoms with Crippen LogP contribution < -0.4 is 0 Å². The molecule has 1 nitrogen and oxygen atoms in total. The number of hydrogen-bond donors (Lipinski definition) is 0. The van der Waals surface area contributed by atoms with Gasteiger partial charge in [0.05, 0.1) is 0 Å². The van der Waals surface area contributed by atoms with E-state index in [1.165, 1.54) is 37.8 Å². The monoisotopic (exact) mass is 209 g/mol. The van der Waals surface area contributed by atoms with E-state index < -0.39 is 0 Å². The Labute approximate surface area is 95.5 Å². The molecule has 1 unspecified atom stereocenters. The molecule has 0 spiro atoms. The zero-order valence-corrected chi connectivity index (χ0v) is 10.9. The number of nitrogens with zero attached hydrogens (tertiary/aromatic N) is 1. The van der Waals surface area contributed by atoms with Crippen LogP contribution in [0.2, 0.25) is 0 Å². The van der Waals surface area contributed by atoms with Crippen molar-refractivity contribution in [2.75, 3.05) is 13.1 Å². The quantitative estimate of drug-likeness (QED) is 0.601. The summed E-state index contributed by atoms with van der Waals surface area (Å²) >= 11 is 0. The van der Waals surface area contributed by atoms with Crippen molar-refractivity contribution in [2.45, 2.75) is 59.4 Å². The predicted octanol–water partition coefficient (Wildman–Crippen LogP) is 3.85. The summed E-state index contributed by atoms with van der Waals surface area (Å²) in [6.07, 6.45) is 7.97. The van der Waals surface area contributed by atoms with Crippen LogP contribution in [0.25, 0.3) is 0 Å². The second kappa shape index (κ2) is 6.32. The summed E-state index contributed by atoms with van der Waals surface area (Å²) in [5.74, 6) is 0.844. The highest BCUT2D eigenvalue weighted by Gasteiger charge is 2.24. The molecule has 1 heteroatoms. The molecule has 0 aromatic rings. The summed E-state index contributed by atoms with van der Waals surface area (Å²) in [4.78, 5) is 2.69. The van der Waals surface area contributed by atoms with Gasteiger partial charge in [-0.2, -0.15) is 0 Å². The van der Waals surface area contributed by atoms with Crippen LogP contribution >= 0.6 is 0 Å². The predicted molar refractivity (Wildman–Crippen MR) is 68.1 cm³/mol. The minimum Gasteiger partial charge on any atom is -0.296 e. The molecule has 1 aliphatic carbocycles. The zero-order valence-electron chi connectivity index (χ0n) is 10.9. The van der Waals surface area contributed by atoms with Crippen LogP contribution in [0.4, 0.5) is 0 Å². The van der Waals surface area contributed by atoms with E-state index in [9.17, 15) is 0 Å². The average Bonchev–Trinajstić information content (AvgIpc) is 2.10. The summed E-state index contributed by atoms with van der Waals surface area (Å²) in [7, 11) is 0. The third kappa shape index (κ3) is 4.38. The third-order valence-electron chi connectivity index (χ3n) is 3.57. The lowest BCUT2D eigenvalue weighted by Crippen LogP contribution is -2.42. The molecule has 0 heterocycles. The zero-order chi connectivity index (χ0) is 11.3. The molecule has 15 heavy (non-hydrogen) atoms. The van der Waals surface area contributed by atoms with Crippen LogP contribution in [0.3, 0.4) is 0 Å². The molecule has 0 radical (unpaired) electrons. The largest absolute Gasteiger partial charge is 0.296 e. The Hall–Kier alpha value is -0.300. The second-order valence-electron chi connectivity index (χ2n) is 5.33. The molecule has 0 N–H and O–H groups in total. The van der Waals surface area contributed by atoms with E-state index in [4.69, 9.17) is 0 Å². The van der Waals surface area contributed by atoms with E-state index in [2.05, 4.69) is 38.7 Å². The van der Waals surface area contributed by atoms with E-state index >= 15 is 0 Å². The van der Waals surface area contributed by atoms with Crippen LogP contribution in [-0.2, 0) is 0 Å². The first-order valence-electron chi connectivity index (χ1n) is 6.51. The highest BCUT2D eigenvalue weighted by atomic mass is 15.2. The van der Waals surface area contributed by atoms with E-state index in [1.54, 1.807) is 0 Å². The fourth-order valence-corrected chi connectivity index (χ4v) is 1.95. The van der Waals surface area contributed by atoms with Crippen molar-refractivity contribution in [3.8, 4) is 0 Å². The molecule has 88 valence electrons. The molecule has 1 fully saturated rings. The van der Waals surface area contributed by atoms with Gasteiger partial charge in [-0.15, -0.1) is 0 Å². The highest BCUT2D eigenvalue weighted by molar-refractivity contribution is 4.96. The van der Waals surface area contributed by atoms with Crippen LogP contribution in [0.1, 0.15) is 53.4 Å². The van der Waals surface area contributed by atoms with E-state index in [0.29, 0.717) is 0 Å². The summed E-state index contributed by atoms with van der Waals surface area (Å²) in [6.45, 7) is 11.5. The van der Waals surface area contributed by atoms with Gasteiger partial charge in [0.1, 0.15) is 0 Å². The van der Waals surface area contributed by atoms with Crippen molar-refractivity contribution in [1.82, 2.24) is 4.90 Å². The summed E-state index contributed by atoms with van der Waals surface area (Å²) in [6, 6.07) is 0.884. The smallest absolute Gasteiger partial charge is 0.0168 e. The maximum atomic E-state index is 2.69. The van der Waals surface area contributed by atoms with Crippen LogP contribution in [-0.4, -0.2) is 24.0 Å². The van der Waals surface area contributed by atoms with Gasteiger partial charge in [0, 0.05) is 19.1 Å². The van der Waals surface area contributed by atoms with Gasteiger partial charge >= 0.3 is 0 Å². The second-order valence-corrected chi connectivity index (χ2v) is 5.33. The Balaban J connectivity index is 2.41. The minimum atomic E-state index is 0.844. The first-order chi connectivity index (χ1) is 7.13. The summed E-state index contributed by atoms with van der Waals surface area (Å²) < 4.78 is 0. The van der Waals surface area contributed by atoms with Crippen molar-refractivity contribution in [1.29, 1.82) is 0 Å². The van der Waals surface area contributed by atoms with Crippen LogP contribution in [0.15, 0.2) is 11.6 Å². The van der Waals surface area contributed by atoms with Crippen molar-refractivity contribution >= 4 is 0 Å². The van der Waals surface area contributed by atoms with Crippen molar-refractivity contribution in [3.05, 3.63) is 11.6 Å². The third-order valence-corrected chi connectivity index (χ3v) is 3.57. The molecule has 0 amide bonds. The van der Waals surface area contributed by atoms with E-state index in [-0.39, 0.29) is 0 Å².